The van der Waals surface area contributed by atoms with Gasteiger partial charge >= 0.3 is 0 Å². The Bertz CT molecular complexity index is 1650. The van der Waals surface area contributed by atoms with Crippen molar-refractivity contribution in [2.45, 2.75) is 60.8 Å². The number of aryl methyl sites for hydroxylation is 1. The second-order valence-electron chi connectivity index (χ2n) is 9.48. The van der Waals surface area contributed by atoms with E-state index in [0.717, 1.165) is 25.0 Å². The molecule has 2 fully saturated rings. The number of aromatic nitrogens is 7. The normalized spacial score (nSPS) is 21.1. The third-order valence-corrected chi connectivity index (χ3v) is 9.51. The van der Waals surface area contributed by atoms with E-state index in [0.29, 0.717) is 35.4 Å². The maximum atomic E-state index is 13.4. The Hall–Kier alpha value is -3.35. The van der Waals surface area contributed by atoms with Crippen LogP contribution in [-0.4, -0.2) is 48.5 Å². The Kier molecular flexibility index (Phi) is 5.58. The zero-order valence-electron chi connectivity index (χ0n) is 19.5. The van der Waals surface area contributed by atoms with Gasteiger partial charge in [-0.2, -0.15) is 15.1 Å². The molecule has 2 aliphatic carbocycles. The van der Waals surface area contributed by atoms with Crippen molar-refractivity contribution in [3.8, 4) is 16.9 Å². The monoisotopic (exact) mass is 545 g/mol. The number of nitrogens with zero attached hydrogens (tertiary/aromatic N) is 8. The van der Waals surface area contributed by atoms with Crippen molar-refractivity contribution in [3.05, 3.63) is 40.8 Å². The number of fused-ring (bicyclic) bond motifs is 1. The van der Waals surface area contributed by atoms with E-state index in [9.17, 15) is 22.5 Å². The Morgan fingerprint density at radius 2 is 2.00 bits per heavy atom. The molecule has 2 atom stereocenters. The molecule has 0 spiro atoms. The Labute approximate surface area is 214 Å². The summed E-state index contributed by atoms with van der Waals surface area (Å²) >= 11 is 0.676. The van der Waals surface area contributed by atoms with Gasteiger partial charge in [-0.3, -0.25) is 9.08 Å². The molecule has 2 unspecified atom stereocenters. The molecule has 4 aromatic rings. The van der Waals surface area contributed by atoms with Gasteiger partial charge in [-0.25, -0.2) is 17.2 Å². The number of rotatable bonds is 7. The van der Waals surface area contributed by atoms with E-state index in [4.69, 9.17) is 0 Å². The van der Waals surface area contributed by atoms with Crippen LogP contribution in [0.1, 0.15) is 66.6 Å². The van der Waals surface area contributed by atoms with E-state index in [2.05, 4.69) is 30.2 Å². The summed E-state index contributed by atoms with van der Waals surface area (Å²) in [6.07, 6.45) is 3.62. The molecule has 4 heterocycles. The summed E-state index contributed by atoms with van der Waals surface area (Å²) in [5.74, 6) is 0.343. The fourth-order valence-electron chi connectivity index (χ4n) is 4.99. The molecule has 2 saturated carbocycles. The molecule has 0 aliphatic heterocycles. The van der Waals surface area contributed by atoms with Crippen LogP contribution in [0.2, 0.25) is 0 Å². The summed E-state index contributed by atoms with van der Waals surface area (Å²) in [5, 5.41) is 29.2. The van der Waals surface area contributed by atoms with E-state index in [1.165, 1.54) is 10.6 Å². The van der Waals surface area contributed by atoms with Crippen LogP contribution in [0.25, 0.3) is 16.5 Å². The zero-order valence-corrected chi connectivity index (χ0v) is 21.2. The summed E-state index contributed by atoms with van der Waals surface area (Å²) in [5.41, 5.74) is 1.11. The molecule has 0 aromatic carbocycles. The van der Waals surface area contributed by atoms with Crippen molar-refractivity contribution in [3.63, 3.8) is 0 Å². The Morgan fingerprint density at radius 3 is 2.65 bits per heavy atom. The maximum absolute atomic E-state index is 13.4. The molecule has 0 radical (unpaired) electrons. The van der Waals surface area contributed by atoms with Gasteiger partial charge in [0.25, 0.3) is 6.43 Å². The second-order valence-corrected chi connectivity index (χ2v) is 12.2. The Balaban J connectivity index is 1.46. The molecular formula is C22H21F2N9O2S2. The zero-order chi connectivity index (χ0) is 25.9. The lowest BCUT2D eigenvalue weighted by molar-refractivity contribution is 0.150. The van der Waals surface area contributed by atoms with Crippen LogP contribution in [0.15, 0.2) is 29.4 Å². The average Bonchev–Trinajstić information content (AvgIpc) is 3.39. The average molecular weight is 546 g/mol. The summed E-state index contributed by atoms with van der Waals surface area (Å²) in [6, 6.07) is 5.61. The number of nitriles is 1. The minimum Gasteiger partial charge on any atom is -0.279 e. The van der Waals surface area contributed by atoms with Crippen molar-refractivity contribution in [1.29, 1.82) is 5.26 Å². The topological polar surface area (TPSA) is 144 Å². The van der Waals surface area contributed by atoms with Crippen LogP contribution in [0.4, 0.5) is 8.78 Å². The summed E-state index contributed by atoms with van der Waals surface area (Å²) < 4.78 is 58.9. The van der Waals surface area contributed by atoms with Gasteiger partial charge in [0.2, 0.25) is 10.0 Å². The van der Waals surface area contributed by atoms with Crippen LogP contribution >= 0.6 is 11.3 Å². The number of pyridine rings is 1. The van der Waals surface area contributed by atoms with Gasteiger partial charge in [-0.05, 0) is 50.2 Å². The largest absolute Gasteiger partial charge is 0.291 e. The van der Waals surface area contributed by atoms with Gasteiger partial charge in [0.1, 0.15) is 5.54 Å². The molecule has 0 saturated heterocycles. The van der Waals surface area contributed by atoms with Gasteiger partial charge in [0.15, 0.2) is 21.5 Å². The van der Waals surface area contributed by atoms with E-state index in [1.807, 2.05) is 23.9 Å². The van der Waals surface area contributed by atoms with E-state index in [1.54, 1.807) is 12.3 Å². The van der Waals surface area contributed by atoms with Crippen molar-refractivity contribution < 1.29 is 17.2 Å². The maximum Gasteiger partial charge on any atom is 0.291 e. The van der Waals surface area contributed by atoms with Gasteiger partial charge in [0, 0.05) is 36.6 Å². The van der Waals surface area contributed by atoms with Crippen LogP contribution in [-0.2, 0) is 17.1 Å². The molecule has 2 aliphatic rings. The van der Waals surface area contributed by atoms with E-state index >= 15 is 0 Å². The lowest BCUT2D eigenvalue weighted by Gasteiger charge is -2.16. The highest BCUT2D eigenvalue weighted by Crippen LogP contribution is 2.45. The molecule has 1 N–H and O–H groups in total. The van der Waals surface area contributed by atoms with Crippen molar-refractivity contribution in [2.24, 2.45) is 7.05 Å². The molecule has 11 nitrogen and oxygen atoms in total. The lowest BCUT2D eigenvalue weighted by Crippen LogP contribution is -2.35. The fraction of sp³-hybridized carbons (Fsp3) is 0.455. The van der Waals surface area contributed by atoms with Crippen molar-refractivity contribution in [2.75, 3.05) is 0 Å². The first-order chi connectivity index (χ1) is 17.7. The first-order valence-electron chi connectivity index (χ1n) is 11.6. The van der Waals surface area contributed by atoms with Gasteiger partial charge < -0.3 is 0 Å². The highest BCUT2D eigenvalue weighted by atomic mass is 32.2. The molecule has 6 rings (SSSR count). The van der Waals surface area contributed by atoms with Crippen molar-refractivity contribution >= 4 is 27.0 Å². The van der Waals surface area contributed by atoms with Crippen LogP contribution in [0, 0.1) is 11.3 Å². The third-order valence-electron chi connectivity index (χ3n) is 7.08. The smallest absolute Gasteiger partial charge is 0.279 e. The van der Waals surface area contributed by atoms with Crippen molar-refractivity contribution in [1.82, 2.24) is 39.3 Å². The fourth-order valence-corrected chi connectivity index (χ4v) is 7.08. The number of hydrogen-bond donors (Lipinski definition) is 1. The summed E-state index contributed by atoms with van der Waals surface area (Å²) in [7, 11) is -2.18. The number of sulfonamides is 1. The van der Waals surface area contributed by atoms with Crippen LogP contribution < -0.4 is 4.72 Å². The molecule has 192 valence electrons. The van der Waals surface area contributed by atoms with Gasteiger partial charge in [-0.15, -0.1) is 20.4 Å². The van der Waals surface area contributed by atoms with E-state index in [-0.39, 0.29) is 27.6 Å². The second kappa shape index (κ2) is 8.61. The standard InChI is InChI=1S/C22H21F2N9O2S2/c1-32-16(4-7-26-32)13-3-2-12(8-13)15-9-14(37(34,35)31-22(11-25)5-6-22)10-33-18(15)27-28-19(33)21-30-29-20(36-21)17(23)24/h4,7,9-10,12-13,17,31H,2-3,5-6,8H2,1H3. The van der Waals surface area contributed by atoms with Crippen LogP contribution in [0.3, 0.4) is 0 Å². The van der Waals surface area contributed by atoms with E-state index < -0.39 is 27.0 Å². The number of nitrogens with one attached hydrogen (secondary N) is 1. The lowest BCUT2D eigenvalue weighted by atomic mass is 9.96. The highest BCUT2D eigenvalue weighted by molar-refractivity contribution is 7.89. The number of hydrogen-bond acceptors (Lipinski definition) is 9. The molecular weight excluding hydrogens is 524 g/mol. The molecule has 0 amide bonds. The Morgan fingerprint density at radius 1 is 1.22 bits per heavy atom. The number of alkyl halides is 2. The molecule has 0 bridgehead atoms. The SMILES string of the molecule is Cn1nccc1C1CCC(c2cc(S(=O)(=O)NC3(C#N)CC3)cn3c(-c4nnc(C(F)F)s4)nnc23)C1. The molecule has 37 heavy (non-hydrogen) atoms. The first kappa shape index (κ1) is 24.0. The molecule has 4 aromatic heterocycles. The molecule has 15 heteroatoms. The highest BCUT2D eigenvalue weighted by Gasteiger charge is 2.47. The summed E-state index contributed by atoms with van der Waals surface area (Å²) in [6.45, 7) is 0. The van der Waals surface area contributed by atoms with Gasteiger partial charge in [0.05, 0.1) is 11.0 Å². The summed E-state index contributed by atoms with van der Waals surface area (Å²) in [4.78, 5) is -0.0554. The quantitative estimate of drug-likeness (QED) is 0.373. The first-order valence-corrected chi connectivity index (χ1v) is 13.9. The third kappa shape index (κ3) is 4.18. The van der Waals surface area contributed by atoms with Crippen LogP contribution in [0.5, 0.6) is 0 Å². The predicted molar refractivity (Wildman–Crippen MR) is 127 cm³/mol. The predicted octanol–water partition coefficient (Wildman–Crippen LogP) is 3.30. The minimum absolute atomic E-state index is 0.0218. The number of halogens is 2. The minimum atomic E-state index is -4.08. The van der Waals surface area contributed by atoms with Gasteiger partial charge in [-0.1, -0.05) is 11.3 Å².